The predicted molar refractivity (Wildman–Crippen MR) is 72.2 cm³/mol. The van der Waals surface area contributed by atoms with Gasteiger partial charge in [0.2, 0.25) is 0 Å². The molecule has 0 N–H and O–H groups in total. The van der Waals surface area contributed by atoms with Gasteiger partial charge in [-0.05, 0) is 27.7 Å². The molecule has 0 rings (SSSR count). The third-order valence-electron chi connectivity index (χ3n) is 1.15. The third-order valence-corrected chi connectivity index (χ3v) is 1.15. The van der Waals surface area contributed by atoms with Crippen LogP contribution in [0.15, 0.2) is 0 Å². The van der Waals surface area contributed by atoms with E-state index in [2.05, 4.69) is 13.8 Å². The first kappa shape index (κ1) is 22.1. The van der Waals surface area contributed by atoms with Crippen molar-refractivity contribution in [2.75, 3.05) is 40.0 Å². The van der Waals surface area contributed by atoms with Crippen LogP contribution in [0.25, 0.3) is 0 Å². The molecule has 0 saturated heterocycles. The van der Waals surface area contributed by atoms with Gasteiger partial charge in [0.1, 0.15) is 13.6 Å². The fourth-order valence-corrected chi connectivity index (χ4v) is 0.451. The highest BCUT2D eigenvalue weighted by Gasteiger charge is 1.77. The summed E-state index contributed by atoms with van der Waals surface area (Å²) in [4.78, 5) is 0. The van der Waals surface area contributed by atoms with Gasteiger partial charge in [-0.1, -0.05) is 20.3 Å². The Hall–Kier alpha value is -0.160. The molecule has 17 heavy (non-hydrogen) atoms. The minimum atomic E-state index is 0.438. The Morgan fingerprint density at radius 3 is 0.765 bits per heavy atom. The summed E-state index contributed by atoms with van der Waals surface area (Å²) in [7, 11) is 0. The lowest BCUT2D eigenvalue weighted by molar-refractivity contribution is -0.0447. The van der Waals surface area contributed by atoms with Gasteiger partial charge in [0, 0.05) is 26.4 Å². The van der Waals surface area contributed by atoms with Gasteiger partial charge in [0.05, 0.1) is 0 Å². The minimum Gasteiger partial charge on any atom is -0.356 e. The molecule has 0 amide bonds. The first-order chi connectivity index (χ1) is 8.24. The van der Waals surface area contributed by atoms with Crippen molar-refractivity contribution >= 4 is 0 Å². The number of hydrogen-bond acceptors (Lipinski definition) is 4. The molecule has 0 bridgehead atoms. The largest absolute Gasteiger partial charge is 0.356 e. The average Bonchev–Trinajstić information content (AvgIpc) is 2.32. The quantitative estimate of drug-likeness (QED) is 0.490. The first-order valence-corrected chi connectivity index (χ1v) is 6.55. The van der Waals surface area contributed by atoms with E-state index in [9.17, 15) is 0 Å². The molecule has 0 saturated carbocycles. The van der Waals surface area contributed by atoms with Gasteiger partial charge in [-0.3, -0.25) is 0 Å². The molecule has 4 heteroatoms. The van der Waals surface area contributed by atoms with Crippen LogP contribution in [0.1, 0.15) is 48.0 Å². The van der Waals surface area contributed by atoms with E-state index in [-0.39, 0.29) is 0 Å². The summed E-state index contributed by atoms with van der Waals surface area (Å²) in [5, 5.41) is 0. The van der Waals surface area contributed by atoms with Crippen LogP contribution in [-0.4, -0.2) is 40.0 Å². The Morgan fingerprint density at radius 2 is 0.647 bits per heavy atom. The average molecular weight is 252 g/mol. The van der Waals surface area contributed by atoms with Crippen molar-refractivity contribution in [3.63, 3.8) is 0 Å². The lowest BCUT2D eigenvalue weighted by atomic mass is 10.6. The number of rotatable bonds is 8. The fraction of sp³-hybridized carbons (Fsp3) is 1.00. The van der Waals surface area contributed by atoms with E-state index in [0.717, 1.165) is 26.4 Å². The number of hydrogen-bond donors (Lipinski definition) is 0. The Balaban J connectivity index is -0.000000188. The van der Waals surface area contributed by atoms with E-state index >= 15 is 0 Å². The Labute approximate surface area is 108 Å². The minimum absolute atomic E-state index is 0.438. The summed E-state index contributed by atoms with van der Waals surface area (Å²) in [5.41, 5.74) is 0. The van der Waals surface area contributed by atoms with Crippen molar-refractivity contribution in [3.05, 3.63) is 0 Å². The van der Waals surface area contributed by atoms with Crippen molar-refractivity contribution in [2.45, 2.75) is 48.0 Å². The van der Waals surface area contributed by atoms with E-state index in [1.165, 1.54) is 6.42 Å². The van der Waals surface area contributed by atoms with Crippen molar-refractivity contribution in [1.29, 1.82) is 0 Å². The van der Waals surface area contributed by atoms with Crippen LogP contribution < -0.4 is 0 Å². The second-order valence-corrected chi connectivity index (χ2v) is 2.91. The third kappa shape index (κ3) is 49.4. The lowest BCUT2D eigenvalue weighted by Crippen LogP contribution is -1.97. The molecule has 0 fully saturated rings. The highest BCUT2D eigenvalue weighted by atomic mass is 16.7. The van der Waals surface area contributed by atoms with Gasteiger partial charge >= 0.3 is 0 Å². The van der Waals surface area contributed by atoms with Crippen LogP contribution in [0.2, 0.25) is 0 Å². The second kappa shape index (κ2) is 29.7. The van der Waals surface area contributed by atoms with Gasteiger partial charge in [0.25, 0.3) is 0 Å². The molecule has 0 heterocycles. The highest BCUT2D eigenvalue weighted by Crippen LogP contribution is 1.74. The second-order valence-electron chi connectivity index (χ2n) is 2.91. The molecule has 108 valence electrons. The zero-order valence-corrected chi connectivity index (χ0v) is 12.6. The maximum absolute atomic E-state index is 4.85. The standard InChI is InChI=1S/2C5H12O2.C3H8/c2*1-3-6-5-7-4-2;1-3-2/h2*3-5H2,1-2H3;3H2,1-2H3. The van der Waals surface area contributed by atoms with Crippen molar-refractivity contribution in [1.82, 2.24) is 0 Å². The zero-order valence-electron chi connectivity index (χ0n) is 12.6. The molecular weight excluding hydrogens is 220 g/mol. The van der Waals surface area contributed by atoms with Crippen LogP contribution in [0.3, 0.4) is 0 Å². The Morgan fingerprint density at radius 1 is 0.471 bits per heavy atom. The van der Waals surface area contributed by atoms with Crippen molar-refractivity contribution in [3.8, 4) is 0 Å². The molecule has 0 unspecified atom stereocenters. The van der Waals surface area contributed by atoms with Crippen molar-refractivity contribution in [2.24, 2.45) is 0 Å². The molecule has 0 spiro atoms. The summed E-state index contributed by atoms with van der Waals surface area (Å²) in [5.74, 6) is 0. The number of ether oxygens (including phenoxy) is 4. The van der Waals surface area contributed by atoms with E-state index in [4.69, 9.17) is 18.9 Å². The van der Waals surface area contributed by atoms with Gasteiger partial charge in [-0.2, -0.15) is 0 Å². The van der Waals surface area contributed by atoms with E-state index in [1.807, 2.05) is 27.7 Å². The molecule has 4 nitrogen and oxygen atoms in total. The van der Waals surface area contributed by atoms with Gasteiger partial charge in [-0.15, -0.1) is 0 Å². The van der Waals surface area contributed by atoms with Gasteiger partial charge < -0.3 is 18.9 Å². The zero-order chi connectivity index (χ0) is 13.8. The van der Waals surface area contributed by atoms with Gasteiger partial charge in [0.15, 0.2) is 0 Å². The molecule has 0 radical (unpaired) electrons. The molecule has 0 aromatic carbocycles. The van der Waals surface area contributed by atoms with Crippen LogP contribution in [0.4, 0.5) is 0 Å². The fourth-order valence-electron chi connectivity index (χ4n) is 0.451. The molecule has 0 aromatic heterocycles. The Bertz CT molecular complexity index is 71.5. The van der Waals surface area contributed by atoms with Crippen LogP contribution >= 0.6 is 0 Å². The summed E-state index contributed by atoms with van der Waals surface area (Å²) < 4.78 is 19.4. The summed E-state index contributed by atoms with van der Waals surface area (Å²) in [6.07, 6.45) is 1.25. The topological polar surface area (TPSA) is 36.9 Å². The van der Waals surface area contributed by atoms with E-state index < -0.39 is 0 Å². The smallest absolute Gasteiger partial charge is 0.146 e. The molecule has 0 aliphatic carbocycles. The maximum atomic E-state index is 4.85. The maximum Gasteiger partial charge on any atom is 0.146 e. The van der Waals surface area contributed by atoms with Crippen LogP contribution in [0, 0.1) is 0 Å². The Kier molecular flexibility index (Phi) is 38.5. The van der Waals surface area contributed by atoms with E-state index in [1.54, 1.807) is 0 Å². The molecule has 0 aliphatic rings. The van der Waals surface area contributed by atoms with Crippen LogP contribution in [0.5, 0.6) is 0 Å². The molecular formula is C13H32O4. The SMILES string of the molecule is CCC.CCOCOCC.CCOCOCC. The highest BCUT2D eigenvalue weighted by molar-refractivity contribution is 4.08. The summed E-state index contributed by atoms with van der Waals surface area (Å²) >= 11 is 0. The molecule has 0 aliphatic heterocycles. The lowest BCUT2D eigenvalue weighted by Gasteiger charge is -1.97. The van der Waals surface area contributed by atoms with Gasteiger partial charge in [-0.25, -0.2) is 0 Å². The van der Waals surface area contributed by atoms with E-state index in [0.29, 0.717) is 13.6 Å². The van der Waals surface area contributed by atoms with Crippen LogP contribution in [-0.2, 0) is 18.9 Å². The predicted octanol–water partition coefficient (Wildman–Crippen LogP) is 3.45. The molecule has 0 aromatic rings. The normalized spacial score (nSPS) is 8.82. The monoisotopic (exact) mass is 252 g/mol. The summed E-state index contributed by atoms with van der Waals surface area (Å²) in [6, 6.07) is 0. The first-order valence-electron chi connectivity index (χ1n) is 6.55. The van der Waals surface area contributed by atoms with Crippen molar-refractivity contribution < 1.29 is 18.9 Å². The molecule has 0 atom stereocenters. The summed E-state index contributed by atoms with van der Waals surface area (Å²) in [6.45, 7) is 15.8.